The average Bonchev–Trinajstić information content (AvgIpc) is 2.94. The van der Waals surface area contributed by atoms with E-state index in [4.69, 9.17) is 39.1 Å². The first-order chi connectivity index (χ1) is 21.1. The Bertz CT molecular complexity index is 855. The molecule has 0 aliphatic rings. The molecule has 0 aliphatic heterocycles. The summed E-state index contributed by atoms with van der Waals surface area (Å²) in [5, 5.41) is 8.57. The number of unbranched alkanes of at least 4 members (excludes halogenated alkanes) is 1. The monoisotopic (exact) mass is 647 g/mol. The summed E-state index contributed by atoms with van der Waals surface area (Å²) in [6.45, 7) is 8.76. The number of ketones is 3. The fraction of sp³-hybridized carbons (Fsp3) is 0.852. The highest BCUT2D eigenvalue weighted by atomic mass is 16.6. The number of nitrogens with one attached hydrogen (secondary N) is 7. The second kappa shape index (κ2) is 24.2. The van der Waals surface area contributed by atoms with Crippen molar-refractivity contribution in [1.29, 1.82) is 0 Å². The van der Waals surface area contributed by atoms with E-state index in [2.05, 4.69) is 37.7 Å². The normalized spacial score (nSPS) is 14.2. The molecule has 0 spiro atoms. The lowest BCUT2D eigenvalue weighted by Gasteiger charge is -2.26. The van der Waals surface area contributed by atoms with Crippen molar-refractivity contribution in [1.82, 2.24) is 37.7 Å². The van der Waals surface area contributed by atoms with Crippen molar-refractivity contribution in [3.05, 3.63) is 0 Å². The van der Waals surface area contributed by atoms with Crippen LogP contribution in [0.5, 0.6) is 0 Å². The summed E-state index contributed by atoms with van der Waals surface area (Å²) >= 11 is 0. The molecule has 0 heterocycles. The van der Waals surface area contributed by atoms with Gasteiger partial charge >= 0.3 is 5.97 Å². The third-order valence-electron chi connectivity index (χ3n) is 6.30. The predicted octanol–water partition coefficient (Wildman–Crippen LogP) is -4.16. The maximum Gasteiger partial charge on any atom is 0.376 e. The molecule has 0 fully saturated rings. The van der Waals surface area contributed by atoms with E-state index in [9.17, 15) is 19.2 Å². The van der Waals surface area contributed by atoms with Crippen molar-refractivity contribution >= 4 is 23.3 Å². The first kappa shape index (κ1) is 43.0. The van der Waals surface area contributed by atoms with Crippen LogP contribution in [0, 0.1) is 0 Å². The third-order valence-corrected chi connectivity index (χ3v) is 6.30. The molecule has 0 amide bonds. The molecule has 0 aliphatic carbocycles. The van der Waals surface area contributed by atoms with Gasteiger partial charge in [-0.25, -0.2) is 21.1 Å². The van der Waals surface area contributed by atoms with Crippen LogP contribution in [0.4, 0.5) is 0 Å². The molecule has 264 valence electrons. The van der Waals surface area contributed by atoms with E-state index in [-0.39, 0.29) is 12.8 Å². The Kier molecular flexibility index (Phi) is 23.1. The highest BCUT2D eigenvalue weighted by Gasteiger charge is 2.34. The molecule has 0 saturated carbocycles. The number of hydrazine groups is 2. The lowest BCUT2D eigenvalue weighted by molar-refractivity contribution is -0.163. The van der Waals surface area contributed by atoms with Crippen LogP contribution in [0.2, 0.25) is 0 Å². The fourth-order valence-electron chi connectivity index (χ4n) is 4.01. The summed E-state index contributed by atoms with van der Waals surface area (Å²) in [7, 11) is 0. The van der Waals surface area contributed by atoms with E-state index < -0.39 is 65.9 Å². The molecule has 0 unspecified atom stereocenters. The Hall–Kier alpha value is -2.04. The smallest absolute Gasteiger partial charge is 0.376 e. The van der Waals surface area contributed by atoms with Gasteiger partial charge in [0, 0.05) is 6.54 Å². The van der Waals surface area contributed by atoms with Crippen LogP contribution in [-0.2, 0) is 23.9 Å². The van der Waals surface area contributed by atoms with Crippen molar-refractivity contribution in [2.75, 3.05) is 26.2 Å². The SMILES string of the molecule is CCCCNN[C@@H](CCCNC(N)N)C(=O)C(=O)[C@H](CCCNC(N)N)NN[C@@H](CCCNC(N)N)C(=O)C(=O)OC(C)(C)C. The van der Waals surface area contributed by atoms with Crippen molar-refractivity contribution in [2.45, 2.75) is 122 Å². The molecule has 0 saturated heterocycles. The Balaban J connectivity index is 5.85. The summed E-state index contributed by atoms with van der Waals surface area (Å²) in [5.41, 5.74) is 44.0. The van der Waals surface area contributed by atoms with E-state index in [1.165, 1.54) is 0 Å². The molecule has 0 rings (SSSR count). The summed E-state index contributed by atoms with van der Waals surface area (Å²) in [6.07, 6.45) is 1.63. The highest BCUT2D eigenvalue weighted by molar-refractivity contribution is 6.41. The number of rotatable bonds is 28. The zero-order valence-electron chi connectivity index (χ0n) is 27.5. The second-order valence-corrected chi connectivity index (χ2v) is 11.8. The topological polar surface area (TPSA) is 318 Å². The summed E-state index contributed by atoms with van der Waals surface area (Å²) in [4.78, 5) is 52.9. The van der Waals surface area contributed by atoms with E-state index in [0.717, 1.165) is 12.8 Å². The maximum absolute atomic E-state index is 13.6. The minimum atomic E-state index is -1.08. The Labute approximate surface area is 267 Å². The van der Waals surface area contributed by atoms with Crippen LogP contribution in [-0.4, -0.2) is 92.1 Å². The zero-order chi connectivity index (χ0) is 34.4. The van der Waals surface area contributed by atoms with Crippen LogP contribution in [0.15, 0.2) is 0 Å². The number of Topliss-reactive ketones (excluding diaryl/α,β-unsaturated/α-hetero) is 3. The molecule has 18 nitrogen and oxygen atoms in total. The minimum Gasteiger partial charge on any atom is -0.454 e. The van der Waals surface area contributed by atoms with Crippen molar-refractivity contribution < 1.29 is 23.9 Å². The van der Waals surface area contributed by atoms with Gasteiger partial charge in [0.05, 0.1) is 18.1 Å². The molecule has 0 aromatic heterocycles. The molecular formula is C27H61N13O5. The van der Waals surface area contributed by atoms with Gasteiger partial charge in [0.15, 0.2) is 0 Å². The third kappa shape index (κ3) is 22.2. The number of nitrogens with two attached hydrogens (primary N) is 6. The number of carbonyl (C=O) groups excluding carboxylic acids is 4. The minimum absolute atomic E-state index is 0.172. The zero-order valence-corrected chi connectivity index (χ0v) is 27.5. The van der Waals surface area contributed by atoms with E-state index >= 15 is 0 Å². The number of esters is 1. The van der Waals surface area contributed by atoms with Gasteiger partial charge in [-0.3, -0.25) is 35.8 Å². The van der Waals surface area contributed by atoms with Crippen molar-refractivity contribution in [3.8, 4) is 0 Å². The summed E-state index contributed by atoms with van der Waals surface area (Å²) in [5.74, 6) is -3.24. The van der Waals surface area contributed by atoms with Crippen molar-refractivity contribution in [3.63, 3.8) is 0 Å². The number of carbonyl (C=O) groups is 4. The second-order valence-electron chi connectivity index (χ2n) is 11.8. The first-order valence-corrected chi connectivity index (χ1v) is 15.7. The van der Waals surface area contributed by atoms with Crippen LogP contribution in [0.3, 0.4) is 0 Å². The molecule has 0 bridgehead atoms. The van der Waals surface area contributed by atoms with E-state index in [0.29, 0.717) is 51.9 Å². The van der Waals surface area contributed by atoms with Gasteiger partial charge in [0.25, 0.3) is 5.78 Å². The Morgan fingerprint density at radius 2 is 0.956 bits per heavy atom. The molecule has 3 atom stereocenters. The number of hydrogen-bond donors (Lipinski definition) is 13. The molecule has 45 heavy (non-hydrogen) atoms. The average molecular weight is 648 g/mol. The fourth-order valence-corrected chi connectivity index (χ4v) is 4.01. The van der Waals surface area contributed by atoms with Gasteiger partial charge in [-0.15, -0.1) is 0 Å². The van der Waals surface area contributed by atoms with Gasteiger partial charge in [-0.2, -0.15) is 0 Å². The largest absolute Gasteiger partial charge is 0.454 e. The van der Waals surface area contributed by atoms with E-state index in [1.54, 1.807) is 20.8 Å². The predicted molar refractivity (Wildman–Crippen MR) is 173 cm³/mol. The number of hydrogen-bond acceptors (Lipinski definition) is 18. The summed E-state index contributed by atoms with van der Waals surface area (Å²) < 4.78 is 5.27. The quantitative estimate of drug-likeness (QED) is 0.0126. The molecule has 0 radical (unpaired) electrons. The first-order valence-electron chi connectivity index (χ1n) is 15.7. The summed E-state index contributed by atoms with van der Waals surface area (Å²) in [6, 6.07) is -2.96. The van der Waals surface area contributed by atoms with Gasteiger partial charge < -0.3 is 39.1 Å². The lowest BCUT2D eigenvalue weighted by atomic mass is 9.97. The number of ether oxygens (including phenoxy) is 1. The molecule has 19 N–H and O–H groups in total. The lowest BCUT2D eigenvalue weighted by Crippen LogP contribution is -2.58. The van der Waals surface area contributed by atoms with Gasteiger partial charge in [-0.05, 0) is 85.4 Å². The van der Waals surface area contributed by atoms with Gasteiger partial charge in [-0.1, -0.05) is 13.3 Å². The Morgan fingerprint density at radius 3 is 1.31 bits per heavy atom. The maximum atomic E-state index is 13.6. The standard InChI is InChI=1S/C27H61N13O5/c1-5-6-16-37-38-17(10-7-13-34-24(28)29)20(41)21(42)18(11-8-14-35-25(30)31)39-40-19(12-9-15-36-26(32)33)22(43)23(44)45-27(2,3)4/h17-19,24-26,34-40H,5-16,28-33H2,1-4H3/t17-,18-,19-/m0/s1. The molecule has 18 heteroatoms. The Morgan fingerprint density at radius 1 is 0.578 bits per heavy atom. The molecular weight excluding hydrogens is 586 g/mol. The highest BCUT2D eigenvalue weighted by Crippen LogP contribution is 2.10. The van der Waals surface area contributed by atoms with Gasteiger partial charge in [0.1, 0.15) is 24.5 Å². The van der Waals surface area contributed by atoms with Crippen LogP contribution in [0.1, 0.15) is 79.1 Å². The van der Waals surface area contributed by atoms with Gasteiger partial charge in [0.2, 0.25) is 11.6 Å². The molecule has 0 aromatic rings. The van der Waals surface area contributed by atoms with Crippen LogP contribution >= 0.6 is 0 Å². The van der Waals surface area contributed by atoms with Crippen molar-refractivity contribution in [2.24, 2.45) is 34.4 Å². The van der Waals surface area contributed by atoms with Crippen LogP contribution in [0.25, 0.3) is 0 Å². The van der Waals surface area contributed by atoms with Crippen LogP contribution < -0.4 is 72.1 Å². The van der Waals surface area contributed by atoms with E-state index in [1.807, 2.05) is 6.92 Å². The molecule has 0 aromatic carbocycles.